The van der Waals surface area contributed by atoms with Crippen LogP contribution < -0.4 is 10.1 Å². The van der Waals surface area contributed by atoms with E-state index in [2.05, 4.69) is 5.32 Å². The molecule has 0 heterocycles. The molecule has 0 aliphatic carbocycles. The van der Waals surface area contributed by atoms with E-state index in [9.17, 15) is 9.90 Å². The van der Waals surface area contributed by atoms with Gasteiger partial charge >= 0.3 is 6.09 Å². The van der Waals surface area contributed by atoms with Crippen LogP contribution in [0.4, 0.5) is 4.79 Å². The number of rotatable bonds is 2. The quantitative estimate of drug-likeness (QED) is 0.780. The second kappa shape index (κ2) is 4.79. The lowest BCUT2D eigenvalue weighted by Gasteiger charge is -2.09. The Morgan fingerprint density at radius 1 is 1.47 bits per heavy atom. The third kappa shape index (κ3) is 3.25. The Labute approximate surface area is 88.9 Å². The van der Waals surface area contributed by atoms with Crippen molar-refractivity contribution in [3.05, 3.63) is 29.3 Å². The summed E-state index contributed by atoms with van der Waals surface area (Å²) in [6.45, 7) is 3.54. The summed E-state index contributed by atoms with van der Waals surface area (Å²) in [6.07, 6.45) is -1.09. The van der Waals surface area contributed by atoms with Crippen LogP contribution in [0.2, 0.25) is 0 Å². The van der Waals surface area contributed by atoms with E-state index >= 15 is 0 Å². The Balaban J connectivity index is 2.93. The van der Waals surface area contributed by atoms with Gasteiger partial charge in [0.1, 0.15) is 5.75 Å². The Morgan fingerprint density at radius 2 is 2.13 bits per heavy atom. The molecule has 0 saturated heterocycles. The maximum Gasteiger partial charge on any atom is 0.412 e. The van der Waals surface area contributed by atoms with E-state index in [0.29, 0.717) is 5.75 Å². The van der Waals surface area contributed by atoms with Gasteiger partial charge in [0.25, 0.3) is 0 Å². The number of amides is 1. The molecule has 0 aliphatic heterocycles. The molecule has 0 fully saturated rings. The first-order chi connectivity index (χ1) is 7.02. The van der Waals surface area contributed by atoms with Crippen LogP contribution in [0, 0.1) is 6.92 Å². The molecule has 0 aromatic heterocycles. The molecule has 0 aliphatic rings. The van der Waals surface area contributed by atoms with Crippen molar-refractivity contribution >= 4 is 6.09 Å². The van der Waals surface area contributed by atoms with E-state index < -0.39 is 12.2 Å². The molecule has 2 N–H and O–H groups in total. The van der Waals surface area contributed by atoms with E-state index in [1.54, 1.807) is 19.1 Å². The molecule has 4 nitrogen and oxygen atoms in total. The second-order valence-corrected chi connectivity index (χ2v) is 3.39. The van der Waals surface area contributed by atoms with Crippen molar-refractivity contribution in [1.29, 1.82) is 0 Å². The Bertz CT molecular complexity index is 361. The highest BCUT2D eigenvalue weighted by atomic mass is 16.5. The van der Waals surface area contributed by atoms with Crippen molar-refractivity contribution in [2.24, 2.45) is 0 Å². The summed E-state index contributed by atoms with van der Waals surface area (Å²) in [6, 6.07) is 5.23. The number of ether oxygens (including phenoxy) is 1. The van der Waals surface area contributed by atoms with Crippen molar-refractivity contribution in [3.63, 3.8) is 0 Å². The number of aryl methyl sites for hydroxylation is 1. The van der Waals surface area contributed by atoms with E-state index in [4.69, 9.17) is 4.74 Å². The average Bonchev–Trinajstić information content (AvgIpc) is 2.16. The van der Waals surface area contributed by atoms with Gasteiger partial charge in [-0.2, -0.15) is 0 Å². The zero-order valence-corrected chi connectivity index (χ0v) is 9.07. The van der Waals surface area contributed by atoms with E-state index in [-0.39, 0.29) is 0 Å². The van der Waals surface area contributed by atoms with Crippen molar-refractivity contribution in [3.8, 4) is 5.75 Å². The number of aliphatic hydroxyl groups excluding tert-OH is 1. The van der Waals surface area contributed by atoms with E-state index in [1.165, 1.54) is 7.05 Å². The van der Waals surface area contributed by atoms with Gasteiger partial charge in [0, 0.05) is 7.05 Å². The molecule has 1 amide bonds. The van der Waals surface area contributed by atoms with E-state index in [0.717, 1.165) is 11.1 Å². The smallest absolute Gasteiger partial charge is 0.410 e. The van der Waals surface area contributed by atoms with Crippen LogP contribution in [0.15, 0.2) is 18.2 Å². The minimum Gasteiger partial charge on any atom is -0.410 e. The average molecular weight is 209 g/mol. The Morgan fingerprint density at radius 3 is 2.67 bits per heavy atom. The number of hydrogen-bond donors (Lipinski definition) is 2. The first kappa shape index (κ1) is 11.5. The van der Waals surface area contributed by atoms with Crippen molar-refractivity contribution in [2.75, 3.05) is 7.05 Å². The molecule has 1 aromatic carbocycles. The van der Waals surface area contributed by atoms with Crippen LogP contribution in [0.5, 0.6) is 5.75 Å². The highest BCUT2D eigenvalue weighted by Gasteiger charge is 2.07. The lowest BCUT2D eigenvalue weighted by atomic mass is 10.1. The lowest BCUT2D eigenvalue weighted by molar-refractivity contribution is 0.195. The molecule has 1 atom stereocenters. The highest BCUT2D eigenvalue weighted by molar-refractivity contribution is 5.70. The third-order valence-electron chi connectivity index (χ3n) is 1.97. The molecular weight excluding hydrogens is 194 g/mol. The number of aliphatic hydroxyl groups is 1. The van der Waals surface area contributed by atoms with Crippen molar-refractivity contribution in [1.82, 2.24) is 5.32 Å². The summed E-state index contributed by atoms with van der Waals surface area (Å²) in [5.74, 6) is 0.435. The minimum absolute atomic E-state index is 0.435. The van der Waals surface area contributed by atoms with Gasteiger partial charge in [-0.3, -0.25) is 0 Å². The highest BCUT2D eigenvalue weighted by Crippen LogP contribution is 2.21. The molecule has 15 heavy (non-hydrogen) atoms. The fraction of sp³-hybridized carbons (Fsp3) is 0.364. The fourth-order valence-corrected chi connectivity index (χ4v) is 1.23. The number of carbonyl (C=O) groups is 1. The van der Waals surface area contributed by atoms with Crippen molar-refractivity contribution < 1.29 is 14.6 Å². The SMILES string of the molecule is CNC(=O)Oc1cc(C)cc(C(C)O)c1. The van der Waals surface area contributed by atoms with Gasteiger partial charge in [-0.1, -0.05) is 6.07 Å². The third-order valence-corrected chi connectivity index (χ3v) is 1.97. The summed E-state index contributed by atoms with van der Waals surface area (Å²) in [5.41, 5.74) is 1.67. The van der Waals surface area contributed by atoms with Crippen LogP contribution in [0.3, 0.4) is 0 Å². The molecule has 0 saturated carbocycles. The minimum atomic E-state index is -0.572. The molecule has 0 spiro atoms. The molecular formula is C11H15NO3. The summed E-state index contributed by atoms with van der Waals surface area (Å²) >= 11 is 0. The molecule has 4 heteroatoms. The van der Waals surface area contributed by atoms with E-state index in [1.807, 2.05) is 13.0 Å². The van der Waals surface area contributed by atoms with Crippen LogP contribution in [0.1, 0.15) is 24.2 Å². The second-order valence-electron chi connectivity index (χ2n) is 3.39. The summed E-state index contributed by atoms with van der Waals surface area (Å²) in [4.78, 5) is 11.0. The van der Waals surface area contributed by atoms with Gasteiger partial charge < -0.3 is 15.2 Å². The standard InChI is InChI=1S/C11H15NO3/c1-7-4-9(8(2)13)6-10(5-7)15-11(14)12-3/h4-6,8,13H,1-3H3,(H,12,14). The number of benzene rings is 1. The zero-order valence-electron chi connectivity index (χ0n) is 9.07. The molecule has 82 valence electrons. The number of nitrogens with one attached hydrogen (secondary N) is 1. The maximum absolute atomic E-state index is 11.0. The molecule has 1 rings (SSSR count). The molecule has 0 bridgehead atoms. The van der Waals surface area contributed by atoms with Crippen LogP contribution in [0.25, 0.3) is 0 Å². The van der Waals surface area contributed by atoms with Crippen LogP contribution in [-0.4, -0.2) is 18.2 Å². The molecule has 1 aromatic rings. The summed E-state index contributed by atoms with van der Waals surface area (Å²) < 4.78 is 4.97. The summed E-state index contributed by atoms with van der Waals surface area (Å²) in [5, 5.41) is 11.8. The van der Waals surface area contributed by atoms with Gasteiger partial charge in [0.05, 0.1) is 6.10 Å². The lowest BCUT2D eigenvalue weighted by Crippen LogP contribution is -2.22. The normalized spacial score (nSPS) is 12.0. The van der Waals surface area contributed by atoms with Crippen molar-refractivity contribution in [2.45, 2.75) is 20.0 Å². The first-order valence-corrected chi connectivity index (χ1v) is 4.72. The van der Waals surface area contributed by atoms with Gasteiger partial charge in [-0.25, -0.2) is 4.79 Å². The zero-order chi connectivity index (χ0) is 11.4. The maximum atomic E-state index is 11.0. The largest absolute Gasteiger partial charge is 0.412 e. The van der Waals surface area contributed by atoms with Gasteiger partial charge in [-0.05, 0) is 37.1 Å². The van der Waals surface area contributed by atoms with Gasteiger partial charge in [-0.15, -0.1) is 0 Å². The Kier molecular flexibility index (Phi) is 3.68. The fourth-order valence-electron chi connectivity index (χ4n) is 1.23. The predicted octanol–water partition coefficient (Wildman–Crippen LogP) is 1.77. The van der Waals surface area contributed by atoms with Crippen LogP contribution >= 0.6 is 0 Å². The Hall–Kier alpha value is -1.55. The van der Waals surface area contributed by atoms with Gasteiger partial charge in [0.15, 0.2) is 0 Å². The monoisotopic (exact) mass is 209 g/mol. The number of carbonyl (C=O) groups excluding carboxylic acids is 1. The predicted molar refractivity (Wildman–Crippen MR) is 56.9 cm³/mol. The van der Waals surface area contributed by atoms with Gasteiger partial charge in [0.2, 0.25) is 0 Å². The molecule has 0 radical (unpaired) electrons. The first-order valence-electron chi connectivity index (χ1n) is 4.72. The summed E-state index contributed by atoms with van der Waals surface area (Å²) in [7, 11) is 1.49. The molecule has 1 unspecified atom stereocenters. The van der Waals surface area contributed by atoms with Crippen LogP contribution in [-0.2, 0) is 0 Å². The topological polar surface area (TPSA) is 58.6 Å². The number of hydrogen-bond acceptors (Lipinski definition) is 3.